The fourth-order valence-electron chi connectivity index (χ4n) is 3.47. The summed E-state index contributed by atoms with van der Waals surface area (Å²) in [6.07, 6.45) is 4.60. The van der Waals surface area contributed by atoms with E-state index in [1.54, 1.807) is 22.3 Å². The molecule has 0 aliphatic heterocycles. The summed E-state index contributed by atoms with van der Waals surface area (Å²) in [4.78, 5) is 17.7. The Hall–Kier alpha value is -2.78. The molecule has 2 aromatic heterocycles. The summed E-state index contributed by atoms with van der Waals surface area (Å²) >= 11 is 6.96. The van der Waals surface area contributed by atoms with E-state index < -0.39 is 0 Å². The van der Waals surface area contributed by atoms with Crippen LogP contribution in [0.25, 0.3) is 0 Å². The highest BCUT2D eigenvalue weighted by molar-refractivity contribution is 7.80. The van der Waals surface area contributed by atoms with Crippen molar-refractivity contribution >= 4 is 45.6 Å². The number of thiophene rings is 1. The minimum absolute atomic E-state index is 0.336. The Bertz CT molecular complexity index is 1070. The molecule has 0 amide bonds. The fraction of sp³-hybridized carbons (Fsp3) is 0.300. The lowest BCUT2D eigenvalue weighted by Crippen LogP contribution is -2.21. The molecule has 0 spiro atoms. The molecule has 0 fully saturated rings. The van der Waals surface area contributed by atoms with E-state index in [0.29, 0.717) is 28.2 Å². The molecule has 2 heterocycles. The smallest absolute Gasteiger partial charge is 0.341 e. The molecule has 2 N–H and O–H groups in total. The van der Waals surface area contributed by atoms with E-state index in [1.807, 2.05) is 6.07 Å². The van der Waals surface area contributed by atoms with Crippen LogP contribution in [0.3, 0.4) is 0 Å². The number of hydrogen-bond acceptors (Lipinski definition) is 6. The number of aryl methyl sites for hydroxylation is 2. The molecule has 9 heteroatoms. The molecule has 3 aromatic rings. The maximum absolute atomic E-state index is 12.2. The molecule has 0 atom stereocenters. The molecule has 29 heavy (non-hydrogen) atoms. The third kappa shape index (κ3) is 4.30. The lowest BCUT2D eigenvalue weighted by molar-refractivity contribution is 0.0601. The van der Waals surface area contributed by atoms with E-state index in [1.165, 1.54) is 17.6 Å². The number of esters is 1. The van der Waals surface area contributed by atoms with Crippen LogP contribution in [0.2, 0.25) is 0 Å². The normalized spacial score (nSPS) is 12.5. The van der Waals surface area contributed by atoms with Gasteiger partial charge in [-0.05, 0) is 49.5 Å². The molecule has 0 saturated carbocycles. The SMILES string of the molecule is COC(=O)c1c(NC(=S)Nc2ncn(Cc3cccc(C)c3)n2)sc2c1CCC2. The van der Waals surface area contributed by atoms with Crippen molar-refractivity contribution < 1.29 is 9.53 Å². The number of fused-ring (bicyclic) bond motifs is 1. The van der Waals surface area contributed by atoms with Gasteiger partial charge < -0.3 is 10.1 Å². The number of benzene rings is 1. The number of thiocarbonyl (C=S) groups is 1. The highest BCUT2D eigenvalue weighted by Gasteiger charge is 2.27. The van der Waals surface area contributed by atoms with E-state index in [-0.39, 0.29) is 5.97 Å². The first-order chi connectivity index (χ1) is 14.0. The average molecular weight is 428 g/mol. The van der Waals surface area contributed by atoms with Gasteiger partial charge in [0.2, 0.25) is 5.95 Å². The molecule has 0 bridgehead atoms. The van der Waals surface area contributed by atoms with Crippen molar-refractivity contribution in [2.75, 3.05) is 17.7 Å². The van der Waals surface area contributed by atoms with Crippen LogP contribution in [-0.2, 0) is 24.1 Å². The number of methoxy groups -OCH3 is 1. The number of rotatable bonds is 5. The van der Waals surface area contributed by atoms with Crippen molar-refractivity contribution in [1.82, 2.24) is 14.8 Å². The third-order valence-electron chi connectivity index (χ3n) is 4.73. The number of hydrogen-bond donors (Lipinski definition) is 2. The second-order valence-electron chi connectivity index (χ2n) is 6.89. The van der Waals surface area contributed by atoms with Gasteiger partial charge >= 0.3 is 5.97 Å². The Balaban J connectivity index is 1.43. The second-order valence-corrected chi connectivity index (χ2v) is 8.40. The minimum Gasteiger partial charge on any atom is -0.465 e. The van der Waals surface area contributed by atoms with Crippen LogP contribution in [0.5, 0.6) is 0 Å². The fourth-order valence-corrected chi connectivity index (χ4v) is 5.01. The third-order valence-corrected chi connectivity index (χ3v) is 6.14. The van der Waals surface area contributed by atoms with Gasteiger partial charge in [-0.25, -0.2) is 14.5 Å². The van der Waals surface area contributed by atoms with E-state index in [2.05, 4.69) is 45.8 Å². The van der Waals surface area contributed by atoms with Crippen LogP contribution in [0.1, 0.15) is 38.3 Å². The molecule has 0 saturated heterocycles. The van der Waals surface area contributed by atoms with Crippen LogP contribution in [0.4, 0.5) is 10.9 Å². The first-order valence-corrected chi connectivity index (χ1v) is 10.5. The predicted octanol–water partition coefficient (Wildman–Crippen LogP) is 3.78. The van der Waals surface area contributed by atoms with Gasteiger partial charge in [0.25, 0.3) is 0 Å². The number of aromatic nitrogens is 3. The molecule has 0 radical (unpaired) electrons. The molecular weight excluding hydrogens is 406 g/mol. The van der Waals surface area contributed by atoms with Crippen LogP contribution in [0.15, 0.2) is 30.6 Å². The second kappa shape index (κ2) is 8.30. The van der Waals surface area contributed by atoms with Gasteiger partial charge in [0, 0.05) is 4.88 Å². The Morgan fingerprint density at radius 1 is 1.34 bits per heavy atom. The largest absolute Gasteiger partial charge is 0.465 e. The quantitative estimate of drug-likeness (QED) is 0.474. The predicted molar refractivity (Wildman–Crippen MR) is 118 cm³/mol. The maximum atomic E-state index is 12.2. The number of ether oxygens (including phenoxy) is 1. The zero-order valence-electron chi connectivity index (χ0n) is 16.2. The molecule has 150 valence electrons. The number of nitrogens with zero attached hydrogens (tertiary/aromatic N) is 3. The summed E-state index contributed by atoms with van der Waals surface area (Å²) in [6, 6.07) is 8.26. The summed E-state index contributed by atoms with van der Waals surface area (Å²) in [6.45, 7) is 2.69. The number of nitrogens with one attached hydrogen (secondary N) is 2. The summed E-state index contributed by atoms with van der Waals surface area (Å²) < 4.78 is 6.71. The first-order valence-electron chi connectivity index (χ1n) is 9.29. The van der Waals surface area contributed by atoms with Crippen molar-refractivity contribution in [3.63, 3.8) is 0 Å². The van der Waals surface area contributed by atoms with Crippen LogP contribution >= 0.6 is 23.6 Å². The molecule has 7 nitrogen and oxygen atoms in total. The summed E-state index contributed by atoms with van der Waals surface area (Å²) in [5.74, 6) is 0.0640. The lowest BCUT2D eigenvalue weighted by Gasteiger charge is -2.09. The van der Waals surface area contributed by atoms with Gasteiger partial charge in [0.1, 0.15) is 11.3 Å². The number of carbonyl (C=O) groups is 1. The Morgan fingerprint density at radius 3 is 3.00 bits per heavy atom. The average Bonchev–Trinajstić information content (AvgIpc) is 3.38. The highest BCUT2D eigenvalue weighted by Crippen LogP contribution is 2.39. The van der Waals surface area contributed by atoms with Gasteiger partial charge in [-0.3, -0.25) is 5.32 Å². The van der Waals surface area contributed by atoms with E-state index in [0.717, 1.165) is 30.4 Å². The summed E-state index contributed by atoms with van der Waals surface area (Å²) in [5, 5.41) is 11.6. The Kier molecular flexibility index (Phi) is 5.59. The van der Waals surface area contributed by atoms with Crippen LogP contribution in [0, 0.1) is 6.92 Å². The number of anilines is 2. The lowest BCUT2D eigenvalue weighted by atomic mass is 10.1. The van der Waals surface area contributed by atoms with Gasteiger partial charge in [-0.15, -0.1) is 16.4 Å². The molecular formula is C20H21N5O2S2. The van der Waals surface area contributed by atoms with Gasteiger partial charge in [-0.2, -0.15) is 0 Å². The van der Waals surface area contributed by atoms with E-state index in [9.17, 15) is 4.79 Å². The molecule has 1 aliphatic rings. The Morgan fingerprint density at radius 2 is 2.21 bits per heavy atom. The van der Waals surface area contributed by atoms with Crippen molar-refractivity contribution in [3.8, 4) is 0 Å². The molecule has 0 unspecified atom stereocenters. The van der Waals surface area contributed by atoms with Crippen LogP contribution in [-0.4, -0.2) is 33.0 Å². The van der Waals surface area contributed by atoms with Crippen LogP contribution < -0.4 is 10.6 Å². The van der Waals surface area contributed by atoms with Gasteiger partial charge in [-0.1, -0.05) is 29.8 Å². The molecule has 1 aliphatic carbocycles. The van der Waals surface area contributed by atoms with E-state index in [4.69, 9.17) is 17.0 Å². The monoisotopic (exact) mass is 427 g/mol. The standard InChI is InChI=1S/C20H21N5O2S2/c1-12-5-3-6-13(9-12)10-25-11-21-19(24-25)23-20(28)22-17-16(18(26)27-2)14-7-4-8-15(14)29-17/h3,5-6,9,11H,4,7-8,10H2,1-2H3,(H2,22,23,24,28). The van der Waals surface area contributed by atoms with Crippen molar-refractivity contribution in [2.24, 2.45) is 0 Å². The van der Waals surface area contributed by atoms with Crippen molar-refractivity contribution in [1.29, 1.82) is 0 Å². The number of carbonyl (C=O) groups excluding carboxylic acids is 1. The van der Waals surface area contributed by atoms with Crippen molar-refractivity contribution in [3.05, 3.63) is 57.7 Å². The van der Waals surface area contributed by atoms with Crippen molar-refractivity contribution in [2.45, 2.75) is 32.7 Å². The topological polar surface area (TPSA) is 81.1 Å². The summed E-state index contributed by atoms with van der Waals surface area (Å²) in [7, 11) is 1.40. The minimum atomic E-state index is -0.338. The summed E-state index contributed by atoms with van der Waals surface area (Å²) in [5.41, 5.74) is 4.02. The molecule has 4 rings (SSSR count). The first kappa shape index (κ1) is 19.5. The zero-order chi connectivity index (χ0) is 20.4. The van der Waals surface area contributed by atoms with Gasteiger partial charge in [0.15, 0.2) is 5.11 Å². The Labute approximate surface area is 178 Å². The molecule has 1 aromatic carbocycles. The maximum Gasteiger partial charge on any atom is 0.341 e. The van der Waals surface area contributed by atoms with E-state index >= 15 is 0 Å². The zero-order valence-corrected chi connectivity index (χ0v) is 17.8. The highest BCUT2D eigenvalue weighted by atomic mass is 32.1. The van der Waals surface area contributed by atoms with Gasteiger partial charge in [0.05, 0.1) is 19.2 Å².